The number of phenolic OH excluding ortho intramolecular Hbond substituents is 1. The molecule has 3 aromatic rings. The van der Waals surface area contributed by atoms with E-state index in [1.165, 1.54) is 6.07 Å². The lowest BCUT2D eigenvalue weighted by atomic mass is 9.88. The van der Waals surface area contributed by atoms with E-state index in [2.05, 4.69) is 6.92 Å². The SMILES string of the molecule is CCCCC1(CC)CN(c2ccccc2)c2cc(S(C)(=O)=O)c(O)cc2S(=O)(=O)N1Cc1ccc(OC)cc1. The van der Waals surface area contributed by atoms with Crippen LogP contribution in [0.2, 0.25) is 0 Å². The molecule has 8 nitrogen and oxygen atoms in total. The monoisotopic (exact) mass is 572 g/mol. The highest BCUT2D eigenvalue weighted by Crippen LogP contribution is 2.47. The molecule has 0 amide bonds. The molecule has 39 heavy (non-hydrogen) atoms. The summed E-state index contributed by atoms with van der Waals surface area (Å²) in [4.78, 5) is 1.45. The first-order valence-electron chi connectivity index (χ1n) is 13.0. The third-order valence-corrected chi connectivity index (χ3v) is 10.6. The van der Waals surface area contributed by atoms with Crippen molar-refractivity contribution in [3.05, 3.63) is 72.3 Å². The number of sulfone groups is 1. The van der Waals surface area contributed by atoms with E-state index < -0.39 is 31.1 Å². The molecule has 0 fully saturated rings. The Morgan fingerprint density at radius 3 is 2.26 bits per heavy atom. The average molecular weight is 573 g/mol. The molecule has 0 saturated carbocycles. The van der Waals surface area contributed by atoms with Gasteiger partial charge in [-0.3, -0.25) is 0 Å². The molecule has 0 bridgehead atoms. The molecule has 0 radical (unpaired) electrons. The Bertz CT molecular complexity index is 1520. The number of methoxy groups -OCH3 is 1. The molecule has 3 aromatic carbocycles. The van der Waals surface area contributed by atoms with E-state index in [0.29, 0.717) is 25.1 Å². The second kappa shape index (κ2) is 11.2. The summed E-state index contributed by atoms with van der Waals surface area (Å²) in [5, 5.41) is 10.8. The average Bonchev–Trinajstić information content (AvgIpc) is 2.99. The first-order valence-corrected chi connectivity index (χ1v) is 16.4. The predicted molar refractivity (Wildman–Crippen MR) is 153 cm³/mol. The van der Waals surface area contributed by atoms with Gasteiger partial charge in [-0.25, -0.2) is 16.8 Å². The van der Waals surface area contributed by atoms with Gasteiger partial charge in [0.05, 0.1) is 18.3 Å². The Labute approximate surface area is 231 Å². The molecule has 4 rings (SSSR count). The summed E-state index contributed by atoms with van der Waals surface area (Å²) in [6, 6.07) is 19.0. The molecule has 0 spiro atoms. The number of benzene rings is 3. The molecule has 1 heterocycles. The highest BCUT2D eigenvalue weighted by molar-refractivity contribution is 7.91. The second-order valence-electron chi connectivity index (χ2n) is 10.0. The van der Waals surface area contributed by atoms with Crippen LogP contribution in [-0.2, 0) is 26.4 Å². The minimum absolute atomic E-state index is 0.112. The van der Waals surface area contributed by atoms with Gasteiger partial charge in [0.2, 0.25) is 10.0 Å². The summed E-state index contributed by atoms with van der Waals surface area (Å²) >= 11 is 0. The van der Waals surface area contributed by atoms with E-state index in [4.69, 9.17) is 4.74 Å². The molecular weight excluding hydrogens is 536 g/mol. The standard InChI is InChI=1S/C29H36N2O6S2/c1-5-7-17-29(6-2)21-30(23-11-9-8-10-12-23)25-18-28(38(4,33)34)26(32)19-27(25)39(35,36)31(29)20-22-13-15-24(37-3)16-14-22/h8-16,18-19,32H,5-7,17,20-21H2,1-4H3. The normalized spacial score (nSPS) is 19.3. The number of para-hydroxylation sites is 1. The van der Waals surface area contributed by atoms with Gasteiger partial charge >= 0.3 is 0 Å². The maximum atomic E-state index is 14.6. The largest absolute Gasteiger partial charge is 0.507 e. The quantitative estimate of drug-likeness (QED) is 0.362. The number of nitrogens with zero attached hydrogens (tertiary/aromatic N) is 2. The van der Waals surface area contributed by atoms with Crippen LogP contribution in [-0.4, -0.2) is 51.7 Å². The van der Waals surface area contributed by atoms with E-state index in [-0.39, 0.29) is 22.0 Å². The van der Waals surface area contributed by atoms with Crippen molar-refractivity contribution in [3.8, 4) is 11.5 Å². The van der Waals surface area contributed by atoms with Gasteiger partial charge < -0.3 is 14.7 Å². The van der Waals surface area contributed by atoms with Crippen molar-refractivity contribution < 1.29 is 26.7 Å². The van der Waals surface area contributed by atoms with E-state index in [1.54, 1.807) is 23.5 Å². The van der Waals surface area contributed by atoms with Gasteiger partial charge in [-0.15, -0.1) is 0 Å². The smallest absolute Gasteiger partial charge is 0.246 e. The molecule has 0 aromatic heterocycles. The van der Waals surface area contributed by atoms with Gasteiger partial charge in [-0.05, 0) is 48.7 Å². The molecule has 1 unspecified atom stereocenters. The summed E-state index contributed by atoms with van der Waals surface area (Å²) in [5.41, 5.74) is 0.941. The summed E-state index contributed by atoms with van der Waals surface area (Å²) in [6.45, 7) is 4.48. The molecule has 1 aliphatic heterocycles. The third kappa shape index (κ3) is 5.64. The first kappa shape index (κ1) is 28.9. The minimum atomic E-state index is -4.20. The van der Waals surface area contributed by atoms with Crippen molar-refractivity contribution >= 4 is 31.2 Å². The molecule has 10 heteroatoms. The molecular formula is C29H36N2O6S2. The van der Waals surface area contributed by atoms with Crippen LogP contribution < -0.4 is 9.64 Å². The first-order chi connectivity index (χ1) is 18.5. The molecule has 0 saturated heterocycles. The van der Waals surface area contributed by atoms with Crippen molar-refractivity contribution in [1.82, 2.24) is 4.31 Å². The number of ether oxygens (including phenoxy) is 1. The molecule has 210 valence electrons. The van der Waals surface area contributed by atoms with Crippen molar-refractivity contribution in [2.75, 3.05) is 24.8 Å². The van der Waals surface area contributed by atoms with Crippen molar-refractivity contribution in [1.29, 1.82) is 0 Å². The zero-order valence-electron chi connectivity index (χ0n) is 22.8. The van der Waals surface area contributed by atoms with Crippen LogP contribution in [0.25, 0.3) is 0 Å². The predicted octanol–water partition coefficient (Wildman–Crippen LogP) is 5.49. The third-order valence-electron chi connectivity index (χ3n) is 7.49. The number of anilines is 2. The van der Waals surface area contributed by atoms with Crippen LogP contribution >= 0.6 is 0 Å². The van der Waals surface area contributed by atoms with Crippen LogP contribution in [0.4, 0.5) is 11.4 Å². The number of fused-ring (bicyclic) bond motifs is 1. The van der Waals surface area contributed by atoms with Gasteiger partial charge in [0.1, 0.15) is 21.3 Å². The van der Waals surface area contributed by atoms with Crippen LogP contribution in [0.15, 0.2) is 76.5 Å². The van der Waals surface area contributed by atoms with Gasteiger partial charge in [-0.1, -0.05) is 57.0 Å². The lowest BCUT2D eigenvalue weighted by molar-refractivity contribution is 0.163. The van der Waals surface area contributed by atoms with Crippen LogP contribution in [0.5, 0.6) is 11.5 Å². The Morgan fingerprint density at radius 1 is 1.03 bits per heavy atom. The highest BCUT2D eigenvalue weighted by atomic mass is 32.2. The van der Waals surface area contributed by atoms with Gasteiger partial charge in [0, 0.05) is 31.1 Å². The second-order valence-corrected chi connectivity index (χ2v) is 13.8. The number of hydrogen-bond acceptors (Lipinski definition) is 7. The number of aromatic hydroxyl groups is 1. The van der Waals surface area contributed by atoms with Crippen LogP contribution in [0.3, 0.4) is 0 Å². The van der Waals surface area contributed by atoms with E-state index in [9.17, 15) is 21.9 Å². The van der Waals surface area contributed by atoms with Crippen molar-refractivity contribution in [2.45, 2.75) is 61.4 Å². The molecule has 1 N–H and O–H groups in total. The topological polar surface area (TPSA) is 104 Å². The fourth-order valence-electron chi connectivity index (χ4n) is 5.25. The summed E-state index contributed by atoms with van der Waals surface area (Å²) in [7, 11) is -6.46. The number of hydrogen-bond donors (Lipinski definition) is 1. The summed E-state index contributed by atoms with van der Waals surface area (Å²) < 4.78 is 61.2. The maximum absolute atomic E-state index is 14.6. The maximum Gasteiger partial charge on any atom is 0.246 e. The number of sulfonamides is 1. The highest BCUT2D eigenvalue weighted by Gasteiger charge is 2.48. The molecule has 0 aliphatic carbocycles. The van der Waals surface area contributed by atoms with E-state index in [1.807, 2.05) is 54.3 Å². The Morgan fingerprint density at radius 2 is 1.69 bits per heavy atom. The lowest BCUT2D eigenvalue weighted by Gasteiger charge is -2.43. The number of phenols is 1. The number of rotatable bonds is 9. The van der Waals surface area contributed by atoms with E-state index >= 15 is 0 Å². The van der Waals surface area contributed by atoms with Gasteiger partial charge in [-0.2, -0.15) is 4.31 Å². The lowest BCUT2D eigenvalue weighted by Crippen LogP contribution is -2.54. The summed E-state index contributed by atoms with van der Waals surface area (Å²) in [5.74, 6) is 0.0822. The zero-order valence-corrected chi connectivity index (χ0v) is 24.4. The Hall–Kier alpha value is -3.08. The van der Waals surface area contributed by atoms with Crippen LogP contribution in [0.1, 0.15) is 45.1 Å². The zero-order chi connectivity index (χ0) is 28.4. The molecule has 1 aliphatic rings. The van der Waals surface area contributed by atoms with Crippen molar-refractivity contribution in [2.24, 2.45) is 0 Å². The molecule has 1 atom stereocenters. The van der Waals surface area contributed by atoms with Crippen molar-refractivity contribution in [3.63, 3.8) is 0 Å². The van der Waals surface area contributed by atoms with Gasteiger partial charge in [0.25, 0.3) is 0 Å². The van der Waals surface area contributed by atoms with E-state index in [0.717, 1.165) is 36.4 Å². The summed E-state index contributed by atoms with van der Waals surface area (Å²) in [6.07, 6.45) is 3.83. The fraction of sp³-hybridized carbons (Fsp3) is 0.379. The van der Waals surface area contributed by atoms with Crippen LogP contribution in [0, 0.1) is 0 Å². The minimum Gasteiger partial charge on any atom is -0.507 e. The fourth-order valence-corrected chi connectivity index (χ4v) is 8.05. The number of unbranched alkanes of at least 4 members (excludes halogenated alkanes) is 1. The Kier molecular flexibility index (Phi) is 8.30. The van der Waals surface area contributed by atoms with Gasteiger partial charge in [0.15, 0.2) is 9.84 Å². The Balaban J connectivity index is 2.02.